The van der Waals surface area contributed by atoms with Gasteiger partial charge in [-0.3, -0.25) is 0 Å². The van der Waals surface area contributed by atoms with Crippen molar-refractivity contribution in [2.75, 3.05) is 14.2 Å². The van der Waals surface area contributed by atoms with E-state index in [0.29, 0.717) is 11.5 Å². The number of rotatable bonds is 2. The van der Waals surface area contributed by atoms with Gasteiger partial charge >= 0.3 is 0 Å². The minimum atomic E-state index is -0.270. The Morgan fingerprint density at radius 3 is 2.09 bits per heavy atom. The molecule has 0 atom stereocenters. The van der Waals surface area contributed by atoms with E-state index in [1.807, 2.05) is 25.1 Å². The van der Waals surface area contributed by atoms with Gasteiger partial charge in [0.25, 0.3) is 0 Å². The molecule has 23 heavy (non-hydrogen) atoms. The lowest BCUT2D eigenvalue weighted by Gasteiger charge is -2.12. The van der Waals surface area contributed by atoms with Gasteiger partial charge in [-0.25, -0.2) is 4.39 Å². The molecule has 116 valence electrons. The molecule has 0 aliphatic heterocycles. The lowest BCUT2D eigenvalue weighted by molar-refractivity contribution is 0.356. The molecule has 0 aliphatic rings. The van der Waals surface area contributed by atoms with Crippen LogP contribution in [0.5, 0.6) is 11.5 Å². The average molecular weight is 310 g/mol. The van der Waals surface area contributed by atoms with E-state index in [2.05, 4.69) is 0 Å². The normalized spacial score (nSPS) is 11.5. The second-order valence-electron chi connectivity index (χ2n) is 5.54. The number of hydrogen-bond acceptors (Lipinski definition) is 3. The van der Waals surface area contributed by atoms with Crippen molar-refractivity contribution in [3.05, 3.63) is 48.0 Å². The molecule has 0 N–H and O–H groups in total. The third kappa shape index (κ3) is 1.95. The van der Waals surface area contributed by atoms with Gasteiger partial charge in [0, 0.05) is 10.8 Å². The zero-order chi connectivity index (χ0) is 16.1. The number of halogens is 1. The van der Waals surface area contributed by atoms with Gasteiger partial charge in [-0.2, -0.15) is 0 Å². The highest BCUT2D eigenvalue weighted by atomic mass is 19.1. The minimum absolute atomic E-state index is 0.270. The minimum Gasteiger partial charge on any atom is -0.493 e. The summed E-state index contributed by atoms with van der Waals surface area (Å²) in [5.74, 6) is 1.76. The molecule has 3 nitrogen and oxygen atoms in total. The first-order valence-electron chi connectivity index (χ1n) is 7.29. The molecule has 0 saturated carbocycles. The van der Waals surface area contributed by atoms with Crippen LogP contribution in [0.15, 0.2) is 40.8 Å². The summed E-state index contributed by atoms with van der Waals surface area (Å²) in [5, 5.41) is 4.51. The van der Waals surface area contributed by atoms with Crippen LogP contribution >= 0.6 is 0 Å². The Hall–Kier alpha value is -2.75. The monoisotopic (exact) mass is 310 g/mol. The van der Waals surface area contributed by atoms with E-state index in [0.717, 1.165) is 38.3 Å². The number of methoxy groups -OCH3 is 2. The van der Waals surface area contributed by atoms with Crippen LogP contribution in [-0.4, -0.2) is 14.2 Å². The van der Waals surface area contributed by atoms with Crippen LogP contribution < -0.4 is 9.47 Å². The summed E-state index contributed by atoms with van der Waals surface area (Å²) in [6.07, 6.45) is 0. The fourth-order valence-corrected chi connectivity index (χ4v) is 3.18. The van der Waals surface area contributed by atoms with Crippen LogP contribution in [-0.2, 0) is 0 Å². The van der Waals surface area contributed by atoms with Gasteiger partial charge in [-0.15, -0.1) is 0 Å². The van der Waals surface area contributed by atoms with Crippen molar-refractivity contribution in [2.45, 2.75) is 6.92 Å². The van der Waals surface area contributed by atoms with Gasteiger partial charge < -0.3 is 13.9 Å². The molecule has 4 rings (SSSR count). The van der Waals surface area contributed by atoms with Gasteiger partial charge in [0.15, 0.2) is 11.5 Å². The molecule has 1 heterocycles. The summed E-state index contributed by atoms with van der Waals surface area (Å²) in [7, 11) is 3.18. The van der Waals surface area contributed by atoms with Crippen LogP contribution in [0.25, 0.3) is 32.5 Å². The Kier molecular flexibility index (Phi) is 2.94. The molecule has 4 aromatic rings. The third-order valence-electron chi connectivity index (χ3n) is 4.19. The van der Waals surface area contributed by atoms with Crippen molar-refractivity contribution in [1.29, 1.82) is 0 Å². The lowest BCUT2D eigenvalue weighted by atomic mass is 9.98. The Bertz CT molecular complexity index is 1060. The predicted molar refractivity (Wildman–Crippen MR) is 89.0 cm³/mol. The summed E-state index contributed by atoms with van der Waals surface area (Å²) >= 11 is 0. The van der Waals surface area contributed by atoms with Gasteiger partial charge in [0.1, 0.15) is 17.2 Å². The first kappa shape index (κ1) is 13.9. The van der Waals surface area contributed by atoms with E-state index in [1.54, 1.807) is 26.4 Å². The Labute approximate surface area is 132 Å². The lowest BCUT2D eigenvalue weighted by Crippen LogP contribution is -1.91. The zero-order valence-electron chi connectivity index (χ0n) is 13.1. The highest BCUT2D eigenvalue weighted by Gasteiger charge is 2.16. The molecule has 0 saturated heterocycles. The van der Waals surface area contributed by atoms with Crippen LogP contribution in [0.1, 0.15) is 5.76 Å². The fraction of sp³-hybridized carbons (Fsp3) is 0.158. The molecule has 0 spiro atoms. The molecule has 0 aliphatic carbocycles. The van der Waals surface area contributed by atoms with Crippen LogP contribution in [0, 0.1) is 12.7 Å². The molecule has 0 unspecified atom stereocenters. The summed E-state index contributed by atoms with van der Waals surface area (Å²) in [6.45, 7) is 1.90. The van der Waals surface area contributed by atoms with Crippen molar-refractivity contribution >= 4 is 32.5 Å². The van der Waals surface area contributed by atoms with Crippen molar-refractivity contribution in [1.82, 2.24) is 0 Å². The van der Waals surface area contributed by atoms with Crippen LogP contribution in [0.4, 0.5) is 4.39 Å². The predicted octanol–water partition coefficient (Wildman–Crippen LogP) is 5.20. The smallest absolute Gasteiger partial charge is 0.161 e. The highest BCUT2D eigenvalue weighted by Crippen LogP contribution is 2.41. The van der Waals surface area contributed by atoms with E-state index in [-0.39, 0.29) is 5.82 Å². The number of furan rings is 1. The Morgan fingerprint density at radius 1 is 0.783 bits per heavy atom. The first-order chi connectivity index (χ1) is 11.1. The Morgan fingerprint density at radius 2 is 1.39 bits per heavy atom. The van der Waals surface area contributed by atoms with Gasteiger partial charge in [-0.05, 0) is 53.4 Å². The molecule has 3 aromatic carbocycles. The molecule has 4 heteroatoms. The molecule has 0 fully saturated rings. The summed E-state index contributed by atoms with van der Waals surface area (Å²) in [6, 6.07) is 10.5. The number of benzene rings is 3. The fourth-order valence-electron chi connectivity index (χ4n) is 3.18. The molecule has 1 aromatic heterocycles. The Balaban J connectivity index is 2.31. The topological polar surface area (TPSA) is 31.6 Å². The van der Waals surface area contributed by atoms with Crippen LogP contribution in [0.2, 0.25) is 0 Å². The van der Waals surface area contributed by atoms with E-state index in [9.17, 15) is 4.39 Å². The summed E-state index contributed by atoms with van der Waals surface area (Å²) < 4.78 is 30.5. The van der Waals surface area contributed by atoms with Crippen molar-refractivity contribution in [2.24, 2.45) is 0 Å². The summed E-state index contributed by atoms with van der Waals surface area (Å²) in [4.78, 5) is 0. The van der Waals surface area contributed by atoms with Gasteiger partial charge in [0.05, 0.1) is 14.2 Å². The number of ether oxygens (including phenoxy) is 2. The zero-order valence-corrected chi connectivity index (χ0v) is 13.1. The SMILES string of the molecule is COc1cc2c3cc(F)ccc3c3cc(C)oc3c2cc1OC. The van der Waals surface area contributed by atoms with Crippen molar-refractivity contribution in [3.63, 3.8) is 0 Å². The average Bonchev–Trinajstić information content (AvgIpc) is 2.95. The molecular formula is C19H15FO3. The standard InChI is InChI=1S/C19H15FO3/c1-10-6-15-12-5-4-11(20)7-13(12)14-8-17(21-2)18(22-3)9-16(14)19(15)23-10/h4-9H,1-3H3. The van der Waals surface area contributed by atoms with Gasteiger partial charge in [-0.1, -0.05) is 6.07 Å². The maximum Gasteiger partial charge on any atom is 0.161 e. The van der Waals surface area contributed by atoms with Crippen molar-refractivity contribution < 1.29 is 18.3 Å². The largest absolute Gasteiger partial charge is 0.493 e. The van der Waals surface area contributed by atoms with E-state index in [1.165, 1.54) is 6.07 Å². The quantitative estimate of drug-likeness (QED) is 0.477. The van der Waals surface area contributed by atoms with E-state index in [4.69, 9.17) is 13.9 Å². The van der Waals surface area contributed by atoms with E-state index < -0.39 is 0 Å². The number of fused-ring (bicyclic) bond motifs is 6. The second kappa shape index (κ2) is 4.88. The highest BCUT2D eigenvalue weighted by molar-refractivity contribution is 6.24. The maximum atomic E-state index is 13.8. The third-order valence-corrected chi connectivity index (χ3v) is 4.19. The van der Waals surface area contributed by atoms with Gasteiger partial charge in [0.2, 0.25) is 0 Å². The van der Waals surface area contributed by atoms with Crippen LogP contribution in [0.3, 0.4) is 0 Å². The molecular weight excluding hydrogens is 295 g/mol. The first-order valence-corrected chi connectivity index (χ1v) is 7.29. The second-order valence-corrected chi connectivity index (χ2v) is 5.54. The molecule has 0 radical (unpaired) electrons. The number of aryl methyl sites for hydroxylation is 1. The number of hydrogen-bond donors (Lipinski definition) is 0. The maximum absolute atomic E-state index is 13.8. The summed E-state index contributed by atoms with van der Waals surface area (Å²) in [5.41, 5.74) is 0.776. The molecule has 0 amide bonds. The molecule has 0 bridgehead atoms. The van der Waals surface area contributed by atoms with Crippen molar-refractivity contribution in [3.8, 4) is 11.5 Å². The van der Waals surface area contributed by atoms with E-state index >= 15 is 0 Å².